The molecule has 0 N–H and O–H groups in total. The first kappa shape index (κ1) is 15.7. The fraction of sp³-hybridized carbons (Fsp3) is 0.214. The Morgan fingerprint density at radius 2 is 2.04 bits per heavy atom. The quantitative estimate of drug-likeness (QED) is 0.698. The molecule has 10 heteroatoms. The summed E-state index contributed by atoms with van der Waals surface area (Å²) in [4.78, 5) is 12.0. The number of benzene rings is 1. The summed E-state index contributed by atoms with van der Waals surface area (Å²) in [5, 5.41) is 14.7. The second-order valence-corrected chi connectivity index (χ2v) is 4.79. The largest absolute Gasteiger partial charge is 0.472 e. The zero-order valence-electron chi connectivity index (χ0n) is 12.5. The van der Waals surface area contributed by atoms with E-state index in [0.717, 1.165) is 9.36 Å². The highest BCUT2D eigenvalue weighted by Gasteiger charge is 2.20. The number of hydrogen-bond donors (Lipinski definition) is 0. The fourth-order valence-electron chi connectivity index (χ4n) is 2.13. The van der Waals surface area contributed by atoms with Crippen molar-refractivity contribution in [3.05, 3.63) is 58.1 Å². The van der Waals surface area contributed by atoms with E-state index in [1.807, 2.05) is 0 Å². The van der Waals surface area contributed by atoms with Gasteiger partial charge in [-0.3, -0.25) is 0 Å². The molecule has 0 atom stereocenters. The summed E-state index contributed by atoms with van der Waals surface area (Å²) in [6.45, 7) is -0.225. The molecule has 1 aromatic carbocycles. The molecule has 3 rings (SSSR count). The Morgan fingerprint density at radius 3 is 2.67 bits per heavy atom. The third kappa shape index (κ3) is 2.98. The van der Waals surface area contributed by atoms with Gasteiger partial charge in [-0.15, -0.1) is 5.10 Å². The molecule has 2 heterocycles. The van der Waals surface area contributed by atoms with Crippen LogP contribution >= 0.6 is 0 Å². The van der Waals surface area contributed by atoms with Crippen molar-refractivity contribution in [3.8, 4) is 11.6 Å². The second-order valence-electron chi connectivity index (χ2n) is 4.79. The van der Waals surface area contributed by atoms with Crippen molar-refractivity contribution in [1.29, 1.82) is 0 Å². The van der Waals surface area contributed by atoms with Gasteiger partial charge >= 0.3 is 5.69 Å². The smallest absolute Gasteiger partial charge is 0.368 e. The predicted octanol–water partition coefficient (Wildman–Crippen LogP) is 1.27. The molecule has 0 amide bonds. The minimum Gasteiger partial charge on any atom is -0.472 e. The van der Waals surface area contributed by atoms with E-state index in [-0.39, 0.29) is 29.3 Å². The van der Waals surface area contributed by atoms with Gasteiger partial charge in [0, 0.05) is 30.4 Å². The van der Waals surface area contributed by atoms with Gasteiger partial charge in [0.2, 0.25) is 5.88 Å². The van der Waals surface area contributed by atoms with Crippen LogP contribution in [0.15, 0.2) is 41.3 Å². The molecule has 0 saturated heterocycles. The van der Waals surface area contributed by atoms with E-state index < -0.39 is 12.1 Å². The fourth-order valence-corrected chi connectivity index (χ4v) is 2.13. The van der Waals surface area contributed by atoms with Crippen LogP contribution in [0.25, 0.3) is 5.69 Å². The SMILES string of the molecule is Cn1nnn(-c2cccc(C(F)F)c2COc2cccnn2)c1=O. The lowest BCUT2D eigenvalue weighted by Crippen LogP contribution is -2.23. The summed E-state index contributed by atoms with van der Waals surface area (Å²) >= 11 is 0. The van der Waals surface area contributed by atoms with Crippen molar-refractivity contribution in [3.63, 3.8) is 0 Å². The molecule has 0 aliphatic heterocycles. The number of halogens is 2. The molecular weight excluding hydrogens is 322 g/mol. The van der Waals surface area contributed by atoms with Crippen LogP contribution in [0.2, 0.25) is 0 Å². The van der Waals surface area contributed by atoms with Crippen LogP contribution in [0.3, 0.4) is 0 Å². The maximum Gasteiger partial charge on any atom is 0.368 e. The molecule has 0 unspecified atom stereocenters. The Hall–Kier alpha value is -3.17. The first-order valence-electron chi connectivity index (χ1n) is 6.87. The topological polar surface area (TPSA) is 87.7 Å². The van der Waals surface area contributed by atoms with Crippen molar-refractivity contribution in [1.82, 2.24) is 30.0 Å². The van der Waals surface area contributed by atoms with Crippen LogP contribution in [0.1, 0.15) is 17.6 Å². The van der Waals surface area contributed by atoms with Crippen molar-refractivity contribution >= 4 is 0 Å². The molecule has 0 spiro atoms. The van der Waals surface area contributed by atoms with Crippen LogP contribution in [0.5, 0.6) is 5.88 Å². The van der Waals surface area contributed by atoms with E-state index in [1.165, 1.54) is 31.4 Å². The zero-order chi connectivity index (χ0) is 17.1. The first-order valence-corrected chi connectivity index (χ1v) is 6.87. The first-order chi connectivity index (χ1) is 11.6. The summed E-state index contributed by atoms with van der Waals surface area (Å²) in [5.41, 5.74) is -0.508. The van der Waals surface area contributed by atoms with Crippen molar-refractivity contribution < 1.29 is 13.5 Å². The molecule has 0 bridgehead atoms. The predicted molar refractivity (Wildman–Crippen MR) is 77.9 cm³/mol. The second kappa shape index (κ2) is 6.52. The van der Waals surface area contributed by atoms with Crippen LogP contribution in [-0.4, -0.2) is 30.0 Å². The summed E-state index contributed by atoms with van der Waals surface area (Å²) in [6.07, 6.45) is -1.28. The molecule has 0 aliphatic rings. The lowest BCUT2D eigenvalue weighted by atomic mass is 10.1. The molecule has 24 heavy (non-hydrogen) atoms. The number of tetrazole rings is 1. The number of rotatable bonds is 5. The molecule has 0 saturated carbocycles. The van der Waals surface area contributed by atoms with Gasteiger partial charge in [0.25, 0.3) is 6.43 Å². The Balaban J connectivity index is 2.04. The van der Waals surface area contributed by atoms with Crippen molar-refractivity contribution in [2.45, 2.75) is 13.0 Å². The number of nitrogens with zero attached hydrogens (tertiary/aromatic N) is 6. The van der Waals surface area contributed by atoms with E-state index in [0.29, 0.717) is 0 Å². The van der Waals surface area contributed by atoms with Crippen LogP contribution < -0.4 is 10.4 Å². The van der Waals surface area contributed by atoms with Gasteiger partial charge < -0.3 is 4.74 Å². The standard InChI is InChI=1S/C14H12F2N6O2/c1-21-14(23)22(20-19-21)11-5-2-4-9(13(15)16)10(11)8-24-12-6-3-7-17-18-12/h2-7,13H,8H2,1H3. The molecule has 3 aromatic rings. The summed E-state index contributed by atoms with van der Waals surface area (Å²) < 4.78 is 34.0. The van der Waals surface area contributed by atoms with Gasteiger partial charge in [-0.2, -0.15) is 14.5 Å². The van der Waals surface area contributed by atoms with E-state index in [1.54, 1.807) is 12.1 Å². The van der Waals surface area contributed by atoms with E-state index in [4.69, 9.17) is 4.74 Å². The normalized spacial score (nSPS) is 11.0. The summed E-state index contributed by atoms with van der Waals surface area (Å²) in [6, 6.07) is 7.34. The van der Waals surface area contributed by atoms with Gasteiger partial charge in [0.15, 0.2) is 0 Å². The number of hydrogen-bond acceptors (Lipinski definition) is 6. The van der Waals surface area contributed by atoms with Gasteiger partial charge in [-0.1, -0.05) is 12.1 Å². The number of aryl methyl sites for hydroxylation is 1. The Labute approximate surface area is 134 Å². The maximum absolute atomic E-state index is 13.3. The maximum atomic E-state index is 13.3. The van der Waals surface area contributed by atoms with Gasteiger partial charge in [-0.05, 0) is 22.6 Å². The molecule has 0 fully saturated rings. The number of aromatic nitrogens is 6. The molecule has 8 nitrogen and oxygen atoms in total. The molecule has 124 valence electrons. The zero-order valence-corrected chi connectivity index (χ0v) is 12.5. The molecule has 0 radical (unpaired) electrons. The average Bonchev–Trinajstić information content (AvgIpc) is 2.92. The Morgan fingerprint density at radius 1 is 1.21 bits per heavy atom. The van der Waals surface area contributed by atoms with Crippen LogP contribution in [0, 0.1) is 0 Å². The monoisotopic (exact) mass is 334 g/mol. The number of ether oxygens (including phenoxy) is 1. The lowest BCUT2D eigenvalue weighted by Gasteiger charge is -2.13. The highest BCUT2D eigenvalue weighted by molar-refractivity contribution is 5.45. The van der Waals surface area contributed by atoms with Gasteiger partial charge in [-0.25, -0.2) is 13.6 Å². The third-order valence-corrected chi connectivity index (χ3v) is 3.28. The molecular formula is C14H12F2N6O2. The Bertz CT molecular complexity index is 894. The summed E-state index contributed by atoms with van der Waals surface area (Å²) in [5.74, 6) is 0.180. The minimum atomic E-state index is -2.74. The summed E-state index contributed by atoms with van der Waals surface area (Å²) in [7, 11) is 1.42. The van der Waals surface area contributed by atoms with E-state index in [2.05, 4.69) is 20.6 Å². The molecule has 0 aliphatic carbocycles. The van der Waals surface area contributed by atoms with Gasteiger partial charge in [0.1, 0.15) is 6.61 Å². The van der Waals surface area contributed by atoms with E-state index >= 15 is 0 Å². The average molecular weight is 334 g/mol. The van der Waals surface area contributed by atoms with Gasteiger partial charge in [0.05, 0.1) is 5.69 Å². The highest BCUT2D eigenvalue weighted by atomic mass is 19.3. The van der Waals surface area contributed by atoms with Crippen molar-refractivity contribution in [2.75, 3.05) is 0 Å². The van der Waals surface area contributed by atoms with E-state index in [9.17, 15) is 13.6 Å². The van der Waals surface area contributed by atoms with Crippen LogP contribution in [0.4, 0.5) is 8.78 Å². The van der Waals surface area contributed by atoms with Crippen LogP contribution in [-0.2, 0) is 13.7 Å². The lowest BCUT2D eigenvalue weighted by molar-refractivity contribution is 0.147. The van der Waals surface area contributed by atoms with Crippen molar-refractivity contribution in [2.24, 2.45) is 7.05 Å². The molecule has 2 aromatic heterocycles. The minimum absolute atomic E-state index is 0.126. The number of alkyl halides is 2. The highest BCUT2D eigenvalue weighted by Crippen LogP contribution is 2.27. The Kier molecular flexibility index (Phi) is 4.27. The third-order valence-electron chi connectivity index (χ3n) is 3.28.